The van der Waals surface area contributed by atoms with Crippen LogP contribution in [-0.4, -0.2) is 43.4 Å². The zero-order chi connectivity index (χ0) is 46.2. The van der Waals surface area contributed by atoms with Crippen molar-refractivity contribution in [2.75, 3.05) is 9.80 Å². The van der Waals surface area contributed by atoms with Crippen LogP contribution in [0.15, 0.2) is 84.9 Å². The van der Waals surface area contributed by atoms with Crippen molar-refractivity contribution in [2.24, 2.45) is 0 Å². The van der Waals surface area contributed by atoms with Gasteiger partial charge in [-0.25, -0.2) is 0 Å². The molecule has 0 amide bonds. The molecule has 0 N–H and O–H groups in total. The van der Waals surface area contributed by atoms with Crippen LogP contribution in [0.5, 0.6) is 0 Å². The van der Waals surface area contributed by atoms with Crippen LogP contribution >= 0.6 is 0 Å². The maximum Gasteiger partial charge on any atom is 0.494 e. The van der Waals surface area contributed by atoms with Gasteiger partial charge >= 0.3 is 14.2 Å². The molecular formula is C56H71B3N2O4. The van der Waals surface area contributed by atoms with Crippen molar-refractivity contribution in [1.82, 2.24) is 0 Å². The maximum absolute atomic E-state index is 6.58. The third kappa shape index (κ3) is 8.00. The van der Waals surface area contributed by atoms with Gasteiger partial charge in [0.2, 0.25) is 0 Å². The Morgan fingerprint density at radius 2 is 0.769 bits per heavy atom. The van der Waals surface area contributed by atoms with Gasteiger partial charge < -0.3 is 28.4 Å². The summed E-state index contributed by atoms with van der Waals surface area (Å²) >= 11 is 0. The Morgan fingerprint density at radius 3 is 1.12 bits per heavy atom. The number of aryl methyl sites for hydroxylation is 5. The van der Waals surface area contributed by atoms with Crippen molar-refractivity contribution in [2.45, 2.75) is 170 Å². The highest BCUT2D eigenvalue weighted by Gasteiger charge is 2.53. The molecule has 4 aliphatic rings. The van der Waals surface area contributed by atoms with E-state index >= 15 is 0 Å². The van der Waals surface area contributed by atoms with Gasteiger partial charge in [-0.05, 0) is 199 Å². The predicted octanol–water partition coefficient (Wildman–Crippen LogP) is 11.0. The molecule has 5 aromatic carbocycles. The first-order chi connectivity index (χ1) is 30.9. The first kappa shape index (κ1) is 45.9. The largest absolute Gasteiger partial charge is 0.494 e. The molecule has 0 aliphatic carbocycles. The number of unbranched alkanes of at least 4 members (excludes halogenated alkanes) is 3. The maximum atomic E-state index is 6.58. The average Bonchev–Trinajstić information content (AvgIpc) is 3.63. The second-order valence-corrected chi connectivity index (χ2v) is 21.5. The minimum absolute atomic E-state index is 0.0644. The van der Waals surface area contributed by atoms with Gasteiger partial charge in [-0.3, -0.25) is 0 Å². The number of fused-ring (bicyclic) bond motifs is 4. The molecule has 65 heavy (non-hydrogen) atoms. The van der Waals surface area contributed by atoms with Crippen molar-refractivity contribution < 1.29 is 18.6 Å². The van der Waals surface area contributed by atoms with Crippen LogP contribution in [0, 0.1) is 13.8 Å². The summed E-state index contributed by atoms with van der Waals surface area (Å²) in [6.45, 7) is 28.5. The summed E-state index contributed by atoms with van der Waals surface area (Å²) in [6.07, 6.45) is 10.1. The molecule has 2 saturated heterocycles. The van der Waals surface area contributed by atoms with Crippen molar-refractivity contribution in [3.05, 3.63) is 113 Å². The topological polar surface area (TPSA) is 43.4 Å². The Bertz CT molecular complexity index is 2420. The first-order valence-corrected chi connectivity index (χ1v) is 24.8. The van der Waals surface area contributed by atoms with Crippen LogP contribution in [-0.2, 0) is 37.9 Å². The Hall–Kier alpha value is -4.27. The zero-order valence-electron chi connectivity index (χ0n) is 41.7. The van der Waals surface area contributed by atoms with E-state index in [-0.39, 0.29) is 6.71 Å². The number of nitrogens with zero attached hydrogens (tertiary/aromatic N) is 2. The molecular weight excluding hydrogens is 797 g/mol. The van der Waals surface area contributed by atoms with E-state index in [1.165, 1.54) is 104 Å². The molecule has 0 atom stereocenters. The van der Waals surface area contributed by atoms with E-state index in [9.17, 15) is 0 Å². The second kappa shape index (κ2) is 17.1. The van der Waals surface area contributed by atoms with Crippen molar-refractivity contribution in [3.63, 3.8) is 0 Å². The van der Waals surface area contributed by atoms with Crippen LogP contribution in [0.1, 0.15) is 143 Å². The average molecular weight is 869 g/mol. The molecule has 338 valence electrons. The summed E-state index contributed by atoms with van der Waals surface area (Å²) in [4.78, 5) is 5.18. The number of anilines is 6. The molecule has 4 heterocycles. The summed E-state index contributed by atoms with van der Waals surface area (Å²) in [5.41, 5.74) is 18.5. The highest BCUT2D eigenvalue weighted by Crippen LogP contribution is 2.47. The summed E-state index contributed by atoms with van der Waals surface area (Å²) in [7, 11) is -0.855. The van der Waals surface area contributed by atoms with Gasteiger partial charge in [-0.2, -0.15) is 0 Å². The molecule has 0 radical (unpaired) electrons. The van der Waals surface area contributed by atoms with Gasteiger partial charge in [0, 0.05) is 34.1 Å². The van der Waals surface area contributed by atoms with Crippen molar-refractivity contribution in [1.29, 1.82) is 0 Å². The van der Waals surface area contributed by atoms with Crippen LogP contribution in [0.2, 0.25) is 0 Å². The molecule has 4 aliphatic heterocycles. The van der Waals surface area contributed by atoms with Gasteiger partial charge in [-0.15, -0.1) is 0 Å². The van der Waals surface area contributed by atoms with Crippen molar-refractivity contribution >= 4 is 82.4 Å². The van der Waals surface area contributed by atoms with Crippen LogP contribution < -0.4 is 37.1 Å². The molecule has 0 unspecified atom stereocenters. The zero-order valence-corrected chi connectivity index (χ0v) is 41.7. The molecule has 6 nitrogen and oxygen atoms in total. The van der Waals surface area contributed by atoms with E-state index in [0.29, 0.717) is 0 Å². The lowest BCUT2D eigenvalue weighted by Gasteiger charge is -2.45. The third-order valence-corrected chi connectivity index (χ3v) is 15.7. The van der Waals surface area contributed by atoms with Gasteiger partial charge in [0.1, 0.15) is 0 Å². The highest BCUT2D eigenvalue weighted by atomic mass is 16.7. The smallest absolute Gasteiger partial charge is 0.399 e. The summed E-state index contributed by atoms with van der Waals surface area (Å²) in [6, 6.07) is 33.4. The minimum atomic E-state index is -0.427. The van der Waals surface area contributed by atoms with Gasteiger partial charge in [0.25, 0.3) is 6.71 Å². The summed E-state index contributed by atoms with van der Waals surface area (Å²) in [5.74, 6) is 0. The van der Waals surface area contributed by atoms with Crippen LogP contribution in [0.3, 0.4) is 0 Å². The Labute approximate surface area is 392 Å². The molecule has 0 aromatic heterocycles. The fourth-order valence-corrected chi connectivity index (χ4v) is 10.4. The van der Waals surface area contributed by atoms with E-state index in [4.69, 9.17) is 18.6 Å². The molecule has 9 rings (SSSR count). The standard InChI is InChI=1S/C56H71B3N2O4/c1-14-17-20-39-23-27-48-44(33-39)57-45-34-40(21-18-15-2)24-28-49(45)61(47-30-26-43(32-38(47)5)59-64-55(10,11)56(12,13)65-59)51-36-41(22-19-16-3)35-50(52(51)57)60(48)46-29-25-42(31-37(46)4)58-62-53(6,7)54(8,9)63-58/h23-36H,14-22H2,1-13H3. The van der Waals surface area contributed by atoms with Crippen molar-refractivity contribution in [3.8, 4) is 0 Å². The van der Waals surface area contributed by atoms with Gasteiger partial charge in [0.15, 0.2) is 0 Å². The van der Waals surface area contributed by atoms with E-state index in [2.05, 4.69) is 185 Å². The molecule has 0 saturated carbocycles. The number of hydrogen-bond acceptors (Lipinski definition) is 6. The van der Waals surface area contributed by atoms with E-state index in [1.807, 2.05) is 0 Å². The SMILES string of the molecule is CCCCc1ccc2c(c1)B1c3cc(CCCC)ccc3N(c3ccc(B4OC(C)(C)C(C)(C)O4)cc3C)c3cc(CCCC)cc(c31)N2c1ccc(B2OC(C)(C)C(C)(C)O2)cc1C. The summed E-state index contributed by atoms with van der Waals surface area (Å²) in [5, 5.41) is 0. The van der Waals surface area contributed by atoms with Crippen LogP contribution in [0.25, 0.3) is 0 Å². The molecule has 5 aromatic rings. The first-order valence-electron chi connectivity index (χ1n) is 24.8. The van der Waals surface area contributed by atoms with Gasteiger partial charge in [-0.1, -0.05) is 88.6 Å². The highest BCUT2D eigenvalue weighted by molar-refractivity contribution is 7.00. The number of benzene rings is 5. The quantitative estimate of drug-likeness (QED) is 0.108. The monoisotopic (exact) mass is 869 g/mol. The number of rotatable bonds is 13. The lowest BCUT2D eigenvalue weighted by atomic mass is 9.33. The third-order valence-electron chi connectivity index (χ3n) is 15.7. The fourth-order valence-electron chi connectivity index (χ4n) is 10.4. The normalized spacial score (nSPS) is 18.6. The van der Waals surface area contributed by atoms with E-state index < -0.39 is 36.6 Å². The second-order valence-electron chi connectivity index (χ2n) is 21.5. The summed E-state index contributed by atoms with van der Waals surface area (Å²) < 4.78 is 26.3. The number of hydrogen-bond donors (Lipinski definition) is 0. The molecule has 0 spiro atoms. The molecule has 2 fully saturated rings. The lowest BCUT2D eigenvalue weighted by molar-refractivity contribution is 0.00578. The molecule has 0 bridgehead atoms. The fraction of sp³-hybridized carbons (Fsp3) is 0.464. The Balaban J connectivity index is 1.27. The van der Waals surface area contributed by atoms with E-state index in [1.54, 1.807) is 0 Å². The lowest BCUT2D eigenvalue weighted by Crippen LogP contribution is -2.61. The minimum Gasteiger partial charge on any atom is -0.399 e. The molecule has 9 heteroatoms. The predicted molar refractivity (Wildman–Crippen MR) is 277 cm³/mol. The van der Waals surface area contributed by atoms with E-state index in [0.717, 1.165) is 43.0 Å². The van der Waals surface area contributed by atoms with Gasteiger partial charge in [0.05, 0.1) is 22.4 Å². The Kier molecular flexibility index (Phi) is 12.1. The van der Waals surface area contributed by atoms with Crippen LogP contribution in [0.4, 0.5) is 34.1 Å². The Morgan fingerprint density at radius 1 is 0.415 bits per heavy atom.